The van der Waals surface area contributed by atoms with Crippen LogP contribution in [0.15, 0.2) is 6.08 Å². The van der Waals surface area contributed by atoms with Crippen molar-refractivity contribution in [1.29, 1.82) is 0 Å². The van der Waals surface area contributed by atoms with Gasteiger partial charge in [-0.2, -0.15) is 0 Å². The number of aliphatic hydroxyl groups is 1. The number of unbranched alkanes of at least 4 members (excludes halogenated alkanes) is 19. The Hall–Kier alpha value is -0.300. The van der Waals surface area contributed by atoms with E-state index in [-0.39, 0.29) is 0 Å². The van der Waals surface area contributed by atoms with E-state index in [0.717, 1.165) is 12.8 Å². The minimum absolute atomic E-state index is 0.369. The van der Waals surface area contributed by atoms with Crippen molar-refractivity contribution in [3.63, 3.8) is 0 Å². The first-order chi connectivity index (χ1) is 11.9. The molecule has 1 heteroatoms. The van der Waals surface area contributed by atoms with E-state index >= 15 is 0 Å². The molecule has 0 heterocycles. The highest BCUT2D eigenvalue weighted by Gasteiger charge is 1.95. The zero-order valence-corrected chi connectivity index (χ0v) is 16.5. The number of rotatable bonds is 21. The summed E-state index contributed by atoms with van der Waals surface area (Å²) in [6.45, 7) is 5.75. The van der Waals surface area contributed by atoms with E-state index in [2.05, 4.69) is 0 Å². The minimum atomic E-state index is 0.369. The van der Waals surface area contributed by atoms with Gasteiger partial charge in [-0.3, -0.25) is 0 Å². The maximum absolute atomic E-state index is 8.71. The first kappa shape index (κ1) is 23.7. The Morgan fingerprint density at radius 2 is 0.667 bits per heavy atom. The van der Waals surface area contributed by atoms with Crippen LogP contribution >= 0.6 is 0 Å². The van der Waals surface area contributed by atoms with Gasteiger partial charge in [0.05, 0.1) is 0 Å². The second-order valence-electron chi connectivity index (χ2n) is 7.47. The van der Waals surface area contributed by atoms with E-state index in [1.165, 1.54) is 116 Å². The molecule has 0 saturated carbocycles. The standard InChI is InChI=1S/C23H45O/c1-2-3-4-5-6-7-8-9-10-11-12-13-14-15-16-17-18-19-20-21-22-23-24/h1-2,24H,3-23H2. The fraction of sp³-hybridized carbons (Fsp3) is 0.913. The Bertz CT molecular complexity index is 224. The van der Waals surface area contributed by atoms with Crippen LogP contribution < -0.4 is 0 Å². The molecule has 0 fully saturated rings. The molecule has 0 atom stereocenters. The molecular weight excluding hydrogens is 292 g/mol. The van der Waals surface area contributed by atoms with Crippen molar-refractivity contribution in [2.24, 2.45) is 0 Å². The molecule has 1 nitrogen and oxygen atoms in total. The summed E-state index contributed by atoms with van der Waals surface area (Å²) in [6, 6.07) is 0. The number of aliphatic hydroxyl groups excluding tert-OH is 1. The van der Waals surface area contributed by atoms with Gasteiger partial charge in [0.25, 0.3) is 0 Å². The highest BCUT2D eigenvalue weighted by Crippen LogP contribution is 2.14. The van der Waals surface area contributed by atoms with Crippen molar-refractivity contribution in [1.82, 2.24) is 0 Å². The van der Waals surface area contributed by atoms with Gasteiger partial charge in [-0.1, -0.05) is 122 Å². The lowest BCUT2D eigenvalue weighted by Gasteiger charge is -2.04. The van der Waals surface area contributed by atoms with Crippen molar-refractivity contribution in [3.8, 4) is 0 Å². The molecular formula is C23H45O. The third-order valence-corrected chi connectivity index (χ3v) is 5.03. The zero-order valence-electron chi connectivity index (χ0n) is 16.5. The Labute approximate surface area is 153 Å². The van der Waals surface area contributed by atoms with Crippen molar-refractivity contribution < 1.29 is 5.11 Å². The molecule has 0 rings (SSSR count). The second-order valence-corrected chi connectivity index (χ2v) is 7.47. The van der Waals surface area contributed by atoms with E-state index in [1.807, 2.05) is 0 Å². The summed E-state index contributed by atoms with van der Waals surface area (Å²) >= 11 is 0. The van der Waals surface area contributed by atoms with Crippen molar-refractivity contribution in [2.75, 3.05) is 6.61 Å². The molecule has 0 aromatic heterocycles. The average Bonchev–Trinajstić information content (AvgIpc) is 2.60. The molecule has 24 heavy (non-hydrogen) atoms. The van der Waals surface area contributed by atoms with Crippen LogP contribution in [0.3, 0.4) is 0 Å². The molecule has 0 aliphatic rings. The van der Waals surface area contributed by atoms with Crippen molar-refractivity contribution in [2.45, 2.75) is 128 Å². The lowest BCUT2D eigenvalue weighted by molar-refractivity contribution is 0.282. The van der Waals surface area contributed by atoms with Gasteiger partial charge in [0, 0.05) is 6.61 Å². The Morgan fingerprint density at radius 3 is 0.917 bits per heavy atom. The number of hydrogen-bond donors (Lipinski definition) is 1. The van der Waals surface area contributed by atoms with Gasteiger partial charge >= 0.3 is 0 Å². The van der Waals surface area contributed by atoms with Gasteiger partial charge in [-0.15, -0.1) is 0 Å². The van der Waals surface area contributed by atoms with Gasteiger partial charge in [0.15, 0.2) is 0 Å². The average molecular weight is 338 g/mol. The summed E-state index contributed by atoms with van der Waals surface area (Å²) in [5, 5.41) is 8.71. The van der Waals surface area contributed by atoms with E-state index in [1.54, 1.807) is 6.08 Å². The topological polar surface area (TPSA) is 20.2 Å². The van der Waals surface area contributed by atoms with E-state index < -0.39 is 0 Å². The molecule has 0 spiro atoms. The maximum atomic E-state index is 8.71. The van der Waals surface area contributed by atoms with Crippen LogP contribution in [0.4, 0.5) is 0 Å². The quantitative estimate of drug-likeness (QED) is 0.212. The first-order valence-corrected chi connectivity index (χ1v) is 11.1. The summed E-state index contributed by atoms with van der Waals surface area (Å²) in [7, 11) is 0. The molecule has 1 N–H and O–H groups in total. The molecule has 0 aromatic rings. The maximum Gasteiger partial charge on any atom is 0.0431 e. The monoisotopic (exact) mass is 337 g/mol. The van der Waals surface area contributed by atoms with E-state index in [9.17, 15) is 0 Å². The third kappa shape index (κ3) is 21.7. The molecule has 0 amide bonds. The summed E-state index contributed by atoms with van der Waals surface area (Å²) in [4.78, 5) is 0. The fourth-order valence-electron chi connectivity index (χ4n) is 3.38. The van der Waals surface area contributed by atoms with Gasteiger partial charge < -0.3 is 5.11 Å². The van der Waals surface area contributed by atoms with Gasteiger partial charge in [0.2, 0.25) is 0 Å². The molecule has 143 valence electrons. The predicted molar refractivity (Wildman–Crippen MR) is 108 cm³/mol. The molecule has 0 aliphatic carbocycles. The smallest absolute Gasteiger partial charge is 0.0431 e. The van der Waals surface area contributed by atoms with Crippen LogP contribution in [0.1, 0.15) is 128 Å². The van der Waals surface area contributed by atoms with Gasteiger partial charge in [-0.25, -0.2) is 0 Å². The van der Waals surface area contributed by atoms with Crippen LogP contribution in [0.25, 0.3) is 0 Å². The Morgan fingerprint density at radius 1 is 0.417 bits per heavy atom. The predicted octanol–water partition coefficient (Wildman–Crippen LogP) is 7.77. The molecule has 0 aliphatic heterocycles. The minimum Gasteiger partial charge on any atom is -0.396 e. The lowest BCUT2D eigenvalue weighted by Crippen LogP contribution is -1.85. The summed E-state index contributed by atoms with van der Waals surface area (Å²) in [6.07, 6.45) is 29.0. The van der Waals surface area contributed by atoms with E-state index in [0.29, 0.717) is 6.61 Å². The van der Waals surface area contributed by atoms with Crippen LogP contribution in [-0.4, -0.2) is 11.7 Å². The first-order valence-electron chi connectivity index (χ1n) is 11.1. The third-order valence-electron chi connectivity index (χ3n) is 5.03. The molecule has 0 bridgehead atoms. The fourth-order valence-corrected chi connectivity index (χ4v) is 3.38. The molecule has 0 aromatic carbocycles. The molecule has 1 radical (unpaired) electrons. The second kappa shape index (κ2) is 22.7. The Kier molecular flexibility index (Phi) is 22.4. The Balaban J connectivity index is 2.94. The summed E-state index contributed by atoms with van der Waals surface area (Å²) < 4.78 is 0. The van der Waals surface area contributed by atoms with Crippen LogP contribution in [0.5, 0.6) is 0 Å². The highest BCUT2D eigenvalue weighted by atomic mass is 16.2. The molecule has 0 saturated heterocycles. The number of allylic oxidation sites excluding steroid dienone is 1. The number of hydrogen-bond acceptors (Lipinski definition) is 1. The van der Waals surface area contributed by atoms with Gasteiger partial charge in [-0.05, 0) is 19.3 Å². The summed E-state index contributed by atoms with van der Waals surface area (Å²) in [5.41, 5.74) is 0. The van der Waals surface area contributed by atoms with Crippen molar-refractivity contribution in [3.05, 3.63) is 12.7 Å². The lowest BCUT2D eigenvalue weighted by atomic mass is 10.0. The zero-order chi connectivity index (χ0) is 17.6. The van der Waals surface area contributed by atoms with Crippen LogP contribution in [-0.2, 0) is 0 Å². The summed E-state index contributed by atoms with van der Waals surface area (Å²) in [5.74, 6) is 0. The normalized spacial score (nSPS) is 11.0. The van der Waals surface area contributed by atoms with Crippen LogP contribution in [0.2, 0.25) is 0 Å². The largest absolute Gasteiger partial charge is 0.396 e. The van der Waals surface area contributed by atoms with Crippen LogP contribution in [0, 0.1) is 6.58 Å². The van der Waals surface area contributed by atoms with Gasteiger partial charge in [0.1, 0.15) is 0 Å². The van der Waals surface area contributed by atoms with E-state index in [4.69, 9.17) is 11.7 Å². The molecule has 0 unspecified atom stereocenters. The highest BCUT2D eigenvalue weighted by molar-refractivity contribution is 4.61. The van der Waals surface area contributed by atoms with Crippen molar-refractivity contribution >= 4 is 0 Å². The SMILES string of the molecule is [CH]=CCCCCCCCCCCCCCCCCCCCCCO.